The van der Waals surface area contributed by atoms with Crippen LogP contribution >= 0.6 is 0 Å². The van der Waals surface area contributed by atoms with Crippen molar-refractivity contribution in [2.24, 2.45) is 0 Å². The first kappa shape index (κ1) is 15.8. The molecule has 7 heteroatoms. The predicted molar refractivity (Wildman–Crippen MR) is 72.5 cm³/mol. The van der Waals surface area contributed by atoms with Gasteiger partial charge in [-0.3, -0.25) is 0 Å². The minimum atomic E-state index is -4.27. The van der Waals surface area contributed by atoms with Gasteiger partial charge in [0.25, 0.3) is 0 Å². The summed E-state index contributed by atoms with van der Waals surface area (Å²) in [5.74, 6) is 0.0880. The molecule has 116 valence electrons. The van der Waals surface area contributed by atoms with E-state index in [9.17, 15) is 17.6 Å². The molecule has 2 rings (SSSR count). The van der Waals surface area contributed by atoms with Crippen molar-refractivity contribution in [2.75, 3.05) is 24.5 Å². The van der Waals surface area contributed by atoms with Crippen LogP contribution in [-0.2, 0) is 6.54 Å². The fourth-order valence-electron chi connectivity index (χ4n) is 2.27. The third-order valence-corrected chi connectivity index (χ3v) is 3.35. The van der Waals surface area contributed by atoms with Crippen molar-refractivity contribution in [3.05, 3.63) is 35.3 Å². The van der Waals surface area contributed by atoms with Gasteiger partial charge in [-0.2, -0.15) is 13.2 Å². The number of pyridine rings is 1. The van der Waals surface area contributed by atoms with Gasteiger partial charge in [-0.15, -0.1) is 0 Å². The lowest BCUT2D eigenvalue weighted by Gasteiger charge is -2.29. The lowest BCUT2D eigenvalue weighted by Crippen LogP contribution is -2.33. The first-order valence-electron chi connectivity index (χ1n) is 6.78. The second-order valence-corrected chi connectivity index (χ2v) is 4.84. The Bertz CT molecular complexity index is 525. The van der Waals surface area contributed by atoms with Crippen LogP contribution in [0.15, 0.2) is 23.9 Å². The molecule has 0 atom stereocenters. The second kappa shape index (κ2) is 6.43. The molecule has 1 aromatic rings. The van der Waals surface area contributed by atoms with Crippen LogP contribution in [0.4, 0.5) is 23.4 Å². The molecule has 1 aliphatic rings. The van der Waals surface area contributed by atoms with Crippen LogP contribution in [0.5, 0.6) is 0 Å². The van der Waals surface area contributed by atoms with E-state index in [-0.39, 0.29) is 19.5 Å². The summed E-state index contributed by atoms with van der Waals surface area (Å²) in [6.07, 6.45) is -2.09. The molecule has 0 aliphatic carbocycles. The maximum absolute atomic E-state index is 13.3. The van der Waals surface area contributed by atoms with Crippen LogP contribution < -0.4 is 10.2 Å². The van der Waals surface area contributed by atoms with Crippen LogP contribution in [0, 0.1) is 5.82 Å². The highest BCUT2D eigenvalue weighted by Crippen LogP contribution is 2.31. The van der Waals surface area contributed by atoms with Gasteiger partial charge < -0.3 is 10.2 Å². The van der Waals surface area contributed by atoms with Crippen molar-refractivity contribution in [2.45, 2.75) is 26.1 Å². The zero-order valence-electron chi connectivity index (χ0n) is 11.7. The molecule has 21 heavy (non-hydrogen) atoms. The number of hydrogen-bond donors (Lipinski definition) is 1. The number of hydrogen-bond acceptors (Lipinski definition) is 3. The van der Waals surface area contributed by atoms with E-state index < -0.39 is 17.6 Å². The van der Waals surface area contributed by atoms with E-state index in [4.69, 9.17) is 0 Å². The number of nitrogens with one attached hydrogen (secondary N) is 1. The van der Waals surface area contributed by atoms with Crippen LogP contribution in [0.3, 0.4) is 0 Å². The van der Waals surface area contributed by atoms with Gasteiger partial charge in [0.05, 0.1) is 6.20 Å². The Labute approximate surface area is 120 Å². The maximum atomic E-state index is 13.3. The standard InChI is InChI=1S/C14H17F4N3/c1-2-19-8-10-7-12(15)9-20-13(10)21-5-3-11(4-6-21)14(16,17)18/h3,7,9,19H,2,4-6,8H2,1H3. The van der Waals surface area contributed by atoms with E-state index in [1.807, 2.05) is 6.92 Å². The van der Waals surface area contributed by atoms with Gasteiger partial charge in [0.1, 0.15) is 11.6 Å². The number of halogens is 4. The van der Waals surface area contributed by atoms with Crippen molar-refractivity contribution < 1.29 is 17.6 Å². The molecule has 1 aliphatic heterocycles. The molecule has 0 spiro atoms. The van der Waals surface area contributed by atoms with Crippen molar-refractivity contribution in [3.63, 3.8) is 0 Å². The molecule has 0 unspecified atom stereocenters. The summed E-state index contributed by atoms with van der Waals surface area (Å²) in [6, 6.07) is 1.37. The minimum Gasteiger partial charge on any atom is -0.352 e. The van der Waals surface area contributed by atoms with E-state index >= 15 is 0 Å². The summed E-state index contributed by atoms with van der Waals surface area (Å²) in [5.41, 5.74) is 0.148. The van der Waals surface area contributed by atoms with Crippen molar-refractivity contribution in [1.82, 2.24) is 10.3 Å². The third kappa shape index (κ3) is 3.93. The van der Waals surface area contributed by atoms with Crippen LogP contribution in [-0.4, -0.2) is 30.8 Å². The lowest BCUT2D eigenvalue weighted by molar-refractivity contribution is -0.0944. The normalized spacial score (nSPS) is 16.0. The highest BCUT2D eigenvalue weighted by atomic mass is 19.4. The average Bonchev–Trinajstić information content (AvgIpc) is 2.44. The molecule has 0 aromatic carbocycles. The summed E-state index contributed by atoms with van der Waals surface area (Å²) in [7, 11) is 0. The molecule has 0 fully saturated rings. The topological polar surface area (TPSA) is 28.2 Å². The van der Waals surface area contributed by atoms with Crippen molar-refractivity contribution in [3.8, 4) is 0 Å². The van der Waals surface area contributed by atoms with Gasteiger partial charge in [-0.1, -0.05) is 13.0 Å². The summed E-state index contributed by atoms with van der Waals surface area (Å²) in [6.45, 7) is 3.43. The molecule has 0 bridgehead atoms. The number of rotatable bonds is 4. The zero-order valence-corrected chi connectivity index (χ0v) is 11.7. The van der Waals surface area contributed by atoms with Crippen LogP contribution in [0.25, 0.3) is 0 Å². The Morgan fingerprint density at radius 1 is 1.38 bits per heavy atom. The monoisotopic (exact) mass is 303 g/mol. The summed E-state index contributed by atoms with van der Waals surface area (Å²) in [5, 5.41) is 3.08. The molecule has 0 saturated heterocycles. The quantitative estimate of drug-likeness (QED) is 0.684. The molecule has 1 aromatic heterocycles. The molecular weight excluding hydrogens is 286 g/mol. The molecule has 0 saturated carbocycles. The number of aromatic nitrogens is 1. The van der Waals surface area contributed by atoms with Crippen LogP contribution in [0.1, 0.15) is 18.9 Å². The molecule has 0 amide bonds. The molecule has 1 N–H and O–H groups in total. The molecule has 3 nitrogen and oxygen atoms in total. The Balaban J connectivity index is 2.18. The van der Waals surface area contributed by atoms with Crippen molar-refractivity contribution >= 4 is 5.82 Å². The van der Waals surface area contributed by atoms with Gasteiger partial charge in [0.2, 0.25) is 0 Å². The predicted octanol–water partition coefficient (Wildman–Crippen LogP) is 3.03. The second-order valence-electron chi connectivity index (χ2n) is 4.84. The molecule has 0 radical (unpaired) electrons. The van der Waals surface area contributed by atoms with Gasteiger partial charge in [0.15, 0.2) is 0 Å². The Morgan fingerprint density at radius 2 is 2.14 bits per heavy atom. The first-order valence-corrected chi connectivity index (χ1v) is 6.78. The van der Waals surface area contributed by atoms with Gasteiger partial charge >= 0.3 is 6.18 Å². The summed E-state index contributed by atoms with van der Waals surface area (Å²) >= 11 is 0. The minimum absolute atomic E-state index is 0.0802. The van der Waals surface area contributed by atoms with Crippen molar-refractivity contribution in [1.29, 1.82) is 0 Å². The fraction of sp³-hybridized carbons (Fsp3) is 0.500. The van der Waals surface area contributed by atoms with Gasteiger partial charge in [-0.05, 0) is 19.0 Å². The lowest BCUT2D eigenvalue weighted by atomic mass is 10.1. The average molecular weight is 303 g/mol. The fourth-order valence-corrected chi connectivity index (χ4v) is 2.27. The molecular formula is C14H17F4N3. The number of alkyl halides is 3. The zero-order chi connectivity index (χ0) is 15.5. The third-order valence-electron chi connectivity index (χ3n) is 3.35. The first-order chi connectivity index (χ1) is 9.91. The summed E-state index contributed by atoms with van der Waals surface area (Å²) in [4.78, 5) is 5.78. The van der Waals surface area contributed by atoms with E-state index in [0.717, 1.165) is 6.20 Å². The van der Waals surface area contributed by atoms with Gasteiger partial charge in [0, 0.05) is 30.8 Å². The maximum Gasteiger partial charge on any atom is 0.412 e. The van der Waals surface area contributed by atoms with Gasteiger partial charge in [-0.25, -0.2) is 9.37 Å². The Morgan fingerprint density at radius 3 is 2.71 bits per heavy atom. The number of nitrogens with zero attached hydrogens (tertiary/aromatic N) is 2. The number of anilines is 1. The van der Waals surface area contributed by atoms with Crippen LogP contribution in [0.2, 0.25) is 0 Å². The molecule has 2 heterocycles. The van der Waals surface area contributed by atoms with E-state index in [1.54, 1.807) is 4.90 Å². The highest BCUT2D eigenvalue weighted by Gasteiger charge is 2.35. The largest absolute Gasteiger partial charge is 0.412 e. The SMILES string of the molecule is CCNCc1cc(F)cnc1N1CC=C(C(F)(F)F)CC1. The van der Waals surface area contributed by atoms with E-state index in [1.165, 1.54) is 12.1 Å². The Kier molecular flexibility index (Phi) is 4.82. The summed E-state index contributed by atoms with van der Waals surface area (Å²) < 4.78 is 51.1. The van der Waals surface area contributed by atoms with E-state index in [0.29, 0.717) is 24.5 Å². The van der Waals surface area contributed by atoms with E-state index in [2.05, 4.69) is 10.3 Å². The smallest absolute Gasteiger partial charge is 0.352 e. The highest BCUT2D eigenvalue weighted by molar-refractivity contribution is 5.49. The Hall–Kier alpha value is -1.63.